The van der Waals surface area contributed by atoms with Gasteiger partial charge >= 0.3 is 0 Å². The van der Waals surface area contributed by atoms with Crippen molar-refractivity contribution < 1.29 is 13.2 Å². The highest BCUT2D eigenvalue weighted by atomic mass is 35.5. The van der Waals surface area contributed by atoms with Crippen LogP contribution in [0.4, 0.5) is 5.69 Å². The van der Waals surface area contributed by atoms with Crippen molar-refractivity contribution in [2.45, 2.75) is 9.79 Å². The van der Waals surface area contributed by atoms with E-state index in [1.165, 1.54) is 31.0 Å². The van der Waals surface area contributed by atoms with Gasteiger partial charge in [0.25, 0.3) is 10.0 Å². The maximum absolute atomic E-state index is 12.5. The molecular weight excluding hydrogens is 330 g/mol. The Morgan fingerprint density at radius 2 is 1.95 bits per heavy atom. The molecule has 0 radical (unpaired) electrons. The summed E-state index contributed by atoms with van der Waals surface area (Å²) in [5.41, 5.74) is 0.490. The number of halogens is 1. The molecule has 0 aliphatic rings. The highest BCUT2D eigenvalue weighted by Crippen LogP contribution is 2.29. The van der Waals surface area contributed by atoms with Crippen LogP contribution in [0.5, 0.6) is 5.75 Å². The minimum atomic E-state index is -3.77. The van der Waals surface area contributed by atoms with E-state index in [4.69, 9.17) is 16.3 Å². The van der Waals surface area contributed by atoms with E-state index in [2.05, 4.69) is 4.72 Å². The number of sulfonamides is 1. The average Bonchev–Trinajstić information content (AvgIpc) is 2.47. The van der Waals surface area contributed by atoms with Gasteiger partial charge in [-0.05, 0) is 42.7 Å². The first-order valence-electron chi connectivity index (χ1n) is 5.96. The van der Waals surface area contributed by atoms with Gasteiger partial charge in [0, 0.05) is 15.6 Å². The lowest BCUT2D eigenvalue weighted by Gasteiger charge is -2.12. The molecule has 21 heavy (non-hydrogen) atoms. The van der Waals surface area contributed by atoms with Gasteiger partial charge < -0.3 is 4.74 Å². The fourth-order valence-corrected chi connectivity index (χ4v) is 3.70. The van der Waals surface area contributed by atoms with Crippen LogP contribution in [0.2, 0.25) is 5.02 Å². The predicted octanol–water partition coefficient (Wildman–Crippen LogP) is 3.87. The van der Waals surface area contributed by atoms with E-state index in [0.717, 1.165) is 4.90 Å². The molecule has 2 aromatic carbocycles. The summed E-state index contributed by atoms with van der Waals surface area (Å²) < 4.78 is 32.6. The minimum absolute atomic E-state index is 0.00653. The largest absolute Gasteiger partial charge is 0.495 e. The van der Waals surface area contributed by atoms with E-state index >= 15 is 0 Å². The lowest BCUT2D eigenvalue weighted by Crippen LogP contribution is -2.14. The van der Waals surface area contributed by atoms with Gasteiger partial charge in [-0.3, -0.25) is 4.72 Å². The van der Waals surface area contributed by atoms with Crippen molar-refractivity contribution in [1.29, 1.82) is 0 Å². The number of thioether (sulfide) groups is 1. The molecule has 1 N–H and O–H groups in total. The first kappa shape index (κ1) is 16.0. The first-order valence-corrected chi connectivity index (χ1v) is 9.05. The summed E-state index contributed by atoms with van der Waals surface area (Å²) in [4.78, 5) is 0.973. The molecule has 2 aromatic rings. The highest BCUT2D eigenvalue weighted by Gasteiger charge is 2.20. The number of anilines is 1. The fourth-order valence-electron chi connectivity index (χ4n) is 1.76. The Morgan fingerprint density at radius 3 is 2.62 bits per heavy atom. The molecule has 0 aliphatic carbocycles. The highest BCUT2D eigenvalue weighted by molar-refractivity contribution is 7.98. The fraction of sp³-hybridized carbons (Fsp3) is 0.143. The molecular formula is C14H14ClNO3S2. The van der Waals surface area contributed by atoms with Gasteiger partial charge in [0.15, 0.2) is 0 Å². The molecule has 0 saturated carbocycles. The number of ether oxygens (including phenoxy) is 1. The summed E-state index contributed by atoms with van der Waals surface area (Å²) in [7, 11) is -2.36. The molecule has 112 valence electrons. The van der Waals surface area contributed by atoms with Crippen LogP contribution < -0.4 is 9.46 Å². The smallest absolute Gasteiger partial charge is 0.265 e. The molecule has 0 bridgehead atoms. The van der Waals surface area contributed by atoms with Crippen LogP contribution in [0, 0.1) is 0 Å². The van der Waals surface area contributed by atoms with Crippen molar-refractivity contribution in [1.82, 2.24) is 0 Å². The summed E-state index contributed by atoms with van der Waals surface area (Å²) in [6.07, 6.45) is 1.92. The summed E-state index contributed by atoms with van der Waals surface area (Å²) in [5, 5.41) is 0.328. The van der Waals surface area contributed by atoms with Gasteiger partial charge in [0.1, 0.15) is 10.6 Å². The van der Waals surface area contributed by atoms with Gasteiger partial charge in [0.2, 0.25) is 0 Å². The zero-order valence-electron chi connectivity index (χ0n) is 11.5. The molecule has 0 heterocycles. The standard InChI is InChI=1S/C14H14ClNO3S2/c1-19-13-7-6-10(15)8-14(13)21(17,18)16-11-4-3-5-12(9-11)20-2/h3-9,16H,1-2H3. The van der Waals surface area contributed by atoms with Crippen molar-refractivity contribution >= 4 is 39.1 Å². The summed E-state index contributed by atoms with van der Waals surface area (Å²) in [5.74, 6) is 0.243. The third-order valence-electron chi connectivity index (χ3n) is 2.74. The molecule has 0 amide bonds. The summed E-state index contributed by atoms with van der Waals surface area (Å²) >= 11 is 7.41. The molecule has 7 heteroatoms. The predicted molar refractivity (Wildman–Crippen MR) is 87.0 cm³/mol. The van der Waals surface area contributed by atoms with Crippen LogP contribution in [0.1, 0.15) is 0 Å². The number of benzene rings is 2. The van der Waals surface area contributed by atoms with E-state index in [9.17, 15) is 8.42 Å². The Labute approximate surface area is 133 Å². The van der Waals surface area contributed by atoms with E-state index < -0.39 is 10.0 Å². The number of methoxy groups -OCH3 is 1. The lowest BCUT2D eigenvalue weighted by molar-refractivity contribution is 0.403. The van der Waals surface area contributed by atoms with Crippen molar-refractivity contribution in [3.05, 3.63) is 47.5 Å². The van der Waals surface area contributed by atoms with Crippen LogP contribution >= 0.6 is 23.4 Å². The second-order valence-corrected chi connectivity index (χ2v) is 7.10. The average molecular weight is 344 g/mol. The normalized spacial score (nSPS) is 11.2. The zero-order chi connectivity index (χ0) is 15.5. The van der Waals surface area contributed by atoms with E-state index in [1.54, 1.807) is 24.3 Å². The lowest BCUT2D eigenvalue weighted by atomic mass is 10.3. The molecule has 0 unspecified atom stereocenters. The maximum atomic E-state index is 12.5. The van der Waals surface area contributed by atoms with E-state index in [1.807, 2.05) is 12.3 Å². The van der Waals surface area contributed by atoms with Crippen LogP contribution in [-0.2, 0) is 10.0 Å². The van der Waals surface area contributed by atoms with Crippen molar-refractivity contribution in [3.63, 3.8) is 0 Å². The van der Waals surface area contributed by atoms with Gasteiger partial charge in [-0.25, -0.2) is 8.42 Å². The van der Waals surface area contributed by atoms with Gasteiger partial charge in [0.05, 0.1) is 7.11 Å². The SMILES string of the molecule is COc1ccc(Cl)cc1S(=O)(=O)Nc1cccc(SC)c1. The van der Waals surface area contributed by atoms with Gasteiger partial charge in [-0.1, -0.05) is 17.7 Å². The Kier molecular flexibility index (Phi) is 5.03. The molecule has 0 atom stereocenters. The Hall–Kier alpha value is -1.37. The molecule has 0 aromatic heterocycles. The van der Waals surface area contributed by atoms with Crippen molar-refractivity contribution in [2.75, 3.05) is 18.1 Å². The monoisotopic (exact) mass is 343 g/mol. The molecule has 2 rings (SSSR count). The quantitative estimate of drug-likeness (QED) is 0.837. The van der Waals surface area contributed by atoms with Crippen LogP contribution in [0.25, 0.3) is 0 Å². The summed E-state index contributed by atoms with van der Waals surface area (Å²) in [6, 6.07) is 11.6. The molecule has 0 fully saturated rings. The van der Waals surface area contributed by atoms with Crippen molar-refractivity contribution in [3.8, 4) is 5.75 Å². The minimum Gasteiger partial charge on any atom is -0.495 e. The number of hydrogen-bond donors (Lipinski definition) is 1. The molecule has 0 saturated heterocycles. The second kappa shape index (κ2) is 6.60. The third kappa shape index (κ3) is 3.84. The molecule has 4 nitrogen and oxygen atoms in total. The number of rotatable bonds is 5. The zero-order valence-corrected chi connectivity index (χ0v) is 13.8. The van der Waals surface area contributed by atoms with Crippen LogP contribution in [-0.4, -0.2) is 21.8 Å². The number of nitrogens with one attached hydrogen (secondary N) is 1. The van der Waals surface area contributed by atoms with Gasteiger partial charge in [-0.15, -0.1) is 11.8 Å². The van der Waals surface area contributed by atoms with Crippen LogP contribution in [0.3, 0.4) is 0 Å². The van der Waals surface area contributed by atoms with E-state index in [-0.39, 0.29) is 10.6 Å². The van der Waals surface area contributed by atoms with E-state index in [0.29, 0.717) is 10.7 Å². The first-order chi connectivity index (χ1) is 9.96. The Morgan fingerprint density at radius 1 is 1.19 bits per heavy atom. The van der Waals surface area contributed by atoms with Crippen molar-refractivity contribution in [2.24, 2.45) is 0 Å². The second-order valence-electron chi connectivity index (χ2n) is 4.13. The Bertz CT molecular complexity index is 748. The Balaban J connectivity index is 2.40. The van der Waals surface area contributed by atoms with Crippen LogP contribution in [0.15, 0.2) is 52.3 Å². The number of hydrogen-bond acceptors (Lipinski definition) is 4. The topological polar surface area (TPSA) is 55.4 Å². The third-order valence-corrected chi connectivity index (χ3v) is 5.10. The molecule has 0 spiro atoms. The van der Waals surface area contributed by atoms with Gasteiger partial charge in [-0.2, -0.15) is 0 Å². The maximum Gasteiger partial charge on any atom is 0.265 e. The molecule has 0 aliphatic heterocycles. The summed E-state index contributed by atoms with van der Waals surface area (Å²) in [6.45, 7) is 0.